The molecular weight excluding hydrogens is 478 g/mol. The fourth-order valence-corrected chi connectivity index (χ4v) is 4.43. The maximum Gasteiger partial charge on any atom is 0.317 e. The van der Waals surface area contributed by atoms with Crippen molar-refractivity contribution in [3.05, 3.63) is 0 Å². The van der Waals surface area contributed by atoms with Crippen LogP contribution in [0.2, 0.25) is 0 Å². The number of carbonyl (C=O) groups is 4. The van der Waals surface area contributed by atoms with Gasteiger partial charge in [-0.05, 0) is 19.3 Å². The number of amides is 1. The summed E-state index contributed by atoms with van der Waals surface area (Å²) in [6, 6.07) is 0. The molecule has 1 saturated heterocycles. The first kappa shape index (κ1) is 32.9. The average molecular weight is 528 g/mol. The molecule has 37 heavy (non-hydrogen) atoms. The van der Waals surface area contributed by atoms with Crippen molar-refractivity contribution in [3.63, 3.8) is 0 Å². The van der Waals surface area contributed by atoms with E-state index in [-0.39, 0.29) is 37.9 Å². The second kappa shape index (κ2) is 19.1. The molecule has 1 aliphatic rings. The number of carbonyl (C=O) groups excluding carboxylic acids is 2. The first-order valence-electron chi connectivity index (χ1n) is 13.6. The predicted molar refractivity (Wildman–Crippen MR) is 143 cm³/mol. The zero-order chi connectivity index (χ0) is 27.6. The van der Waals surface area contributed by atoms with Gasteiger partial charge in [0.25, 0.3) is 0 Å². The number of unbranched alkanes of at least 4 members (excludes halogenated alkanes) is 3. The average Bonchev–Trinajstić information content (AvgIpc) is 2.79. The Bertz CT molecular complexity index is 673. The Balaban J connectivity index is 2.72. The van der Waals surface area contributed by atoms with Crippen LogP contribution in [0.1, 0.15) is 52.9 Å². The molecule has 11 nitrogen and oxygen atoms in total. The number of hydrogen-bond acceptors (Lipinski definition) is 8. The molecule has 1 rings (SSSR count). The minimum atomic E-state index is -0.921. The number of nitrogens with zero attached hydrogens (tertiary/aromatic N) is 4. The van der Waals surface area contributed by atoms with Gasteiger partial charge in [0.1, 0.15) is 5.78 Å². The van der Waals surface area contributed by atoms with Crippen LogP contribution in [0.5, 0.6) is 0 Å². The smallest absolute Gasteiger partial charge is 0.317 e. The third-order valence-electron chi connectivity index (χ3n) is 6.49. The van der Waals surface area contributed by atoms with Crippen LogP contribution in [0.4, 0.5) is 0 Å². The Hall–Kier alpha value is -2.08. The van der Waals surface area contributed by atoms with E-state index in [1.165, 1.54) is 26.2 Å². The van der Waals surface area contributed by atoms with E-state index < -0.39 is 11.9 Å². The fourth-order valence-electron chi connectivity index (χ4n) is 4.43. The molecule has 1 fully saturated rings. The summed E-state index contributed by atoms with van der Waals surface area (Å²) in [6.45, 7) is 10.6. The Morgan fingerprint density at radius 1 is 0.649 bits per heavy atom. The molecule has 0 spiro atoms. The maximum absolute atomic E-state index is 12.6. The van der Waals surface area contributed by atoms with Crippen LogP contribution in [0.3, 0.4) is 0 Å². The zero-order valence-corrected chi connectivity index (χ0v) is 23.1. The number of nitrogens with one attached hydrogen (secondary N) is 1. The van der Waals surface area contributed by atoms with E-state index in [0.717, 1.165) is 18.8 Å². The van der Waals surface area contributed by atoms with Crippen LogP contribution in [-0.4, -0.2) is 139 Å². The van der Waals surface area contributed by atoms with Gasteiger partial charge in [-0.25, -0.2) is 0 Å². The molecule has 3 N–H and O–H groups in total. The van der Waals surface area contributed by atoms with E-state index in [1.54, 1.807) is 0 Å². The number of carboxylic acid groups (broad SMARTS) is 2. The molecule has 11 heteroatoms. The lowest BCUT2D eigenvalue weighted by molar-refractivity contribution is -0.139. The molecule has 0 aromatic rings. The summed E-state index contributed by atoms with van der Waals surface area (Å²) in [5.74, 6) is -1.19. The number of hydrogen-bond donors (Lipinski definition) is 3. The standard InChI is InChI=1S/C26H49N5O6/c1-22(2)8-6-4-5-7-9-27-24(33)19-29-12-16-30(20-25(34)35)14-10-28(18-23(3)32)11-15-31(17-13-29)21-26(36)37/h22H,4-21H2,1-3H3,(H,27,33)(H,34,35)(H,36,37). The molecule has 0 aliphatic carbocycles. The van der Waals surface area contributed by atoms with E-state index in [4.69, 9.17) is 0 Å². The highest BCUT2D eigenvalue weighted by molar-refractivity contribution is 5.78. The van der Waals surface area contributed by atoms with Gasteiger partial charge >= 0.3 is 11.9 Å². The lowest BCUT2D eigenvalue weighted by Gasteiger charge is -2.33. The van der Waals surface area contributed by atoms with Gasteiger partial charge in [-0.2, -0.15) is 0 Å². The van der Waals surface area contributed by atoms with Crippen molar-refractivity contribution < 1.29 is 29.4 Å². The van der Waals surface area contributed by atoms with Gasteiger partial charge in [-0.3, -0.25) is 38.8 Å². The number of Topliss-reactive ketones (excluding diaryl/α,β-unsaturated/α-hetero) is 1. The zero-order valence-electron chi connectivity index (χ0n) is 23.1. The van der Waals surface area contributed by atoms with Crippen LogP contribution in [0, 0.1) is 5.92 Å². The summed E-state index contributed by atoms with van der Waals surface area (Å²) in [4.78, 5) is 54.7. The maximum atomic E-state index is 12.6. The molecule has 0 bridgehead atoms. The fraction of sp³-hybridized carbons (Fsp3) is 0.846. The van der Waals surface area contributed by atoms with E-state index in [9.17, 15) is 29.4 Å². The summed E-state index contributed by atoms with van der Waals surface area (Å²) in [7, 11) is 0. The molecule has 0 radical (unpaired) electrons. The van der Waals surface area contributed by atoms with Gasteiger partial charge in [-0.15, -0.1) is 0 Å². The Morgan fingerprint density at radius 3 is 1.46 bits per heavy atom. The molecule has 0 saturated carbocycles. The molecule has 1 heterocycles. The largest absolute Gasteiger partial charge is 0.480 e. The van der Waals surface area contributed by atoms with Gasteiger partial charge in [0, 0.05) is 58.9 Å². The van der Waals surface area contributed by atoms with Crippen LogP contribution in [-0.2, 0) is 19.2 Å². The van der Waals surface area contributed by atoms with E-state index in [1.807, 2.05) is 19.6 Å². The SMILES string of the molecule is CC(=O)CN1CCN(CC(=O)O)CCN(CC(=O)NCCCCCCC(C)C)CCN(CC(=O)O)CC1. The number of aliphatic carboxylic acids is 2. The Kier molecular flexibility index (Phi) is 17.0. The Morgan fingerprint density at radius 2 is 1.05 bits per heavy atom. The number of carboxylic acids is 2. The van der Waals surface area contributed by atoms with Gasteiger partial charge in [-0.1, -0.05) is 39.5 Å². The summed E-state index contributed by atoms with van der Waals surface area (Å²) in [5.41, 5.74) is 0. The van der Waals surface area contributed by atoms with Gasteiger partial charge in [0.05, 0.1) is 26.2 Å². The molecular formula is C26H49N5O6. The summed E-state index contributed by atoms with van der Waals surface area (Å²) < 4.78 is 0. The van der Waals surface area contributed by atoms with E-state index in [2.05, 4.69) is 19.2 Å². The molecule has 0 atom stereocenters. The highest BCUT2D eigenvalue weighted by atomic mass is 16.4. The molecule has 1 amide bonds. The van der Waals surface area contributed by atoms with Gasteiger partial charge < -0.3 is 15.5 Å². The third-order valence-corrected chi connectivity index (χ3v) is 6.49. The highest BCUT2D eigenvalue weighted by Gasteiger charge is 2.20. The normalized spacial score (nSPS) is 17.7. The van der Waals surface area contributed by atoms with Gasteiger partial charge in [0.2, 0.25) is 5.91 Å². The second-order valence-electron chi connectivity index (χ2n) is 10.5. The first-order chi connectivity index (χ1) is 17.5. The van der Waals surface area contributed by atoms with Crippen molar-refractivity contribution in [1.82, 2.24) is 24.9 Å². The summed E-state index contributed by atoms with van der Waals surface area (Å²) >= 11 is 0. The minimum Gasteiger partial charge on any atom is -0.480 e. The number of rotatable bonds is 15. The molecule has 0 aromatic heterocycles. The number of ketones is 1. The predicted octanol–water partition coefficient (Wildman–Crippen LogP) is 0.689. The van der Waals surface area contributed by atoms with Crippen molar-refractivity contribution in [3.8, 4) is 0 Å². The monoisotopic (exact) mass is 527 g/mol. The van der Waals surface area contributed by atoms with Crippen molar-refractivity contribution in [1.29, 1.82) is 0 Å². The summed E-state index contributed by atoms with van der Waals surface area (Å²) in [5, 5.41) is 21.7. The van der Waals surface area contributed by atoms with E-state index in [0.29, 0.717) is 58.9 Å². The van der Waals surface area contributed by atoms with Crippen molar-refractivity contribution >= 4 is 23.6 Å². The van der Waals surface area contributed by atoms with Crippen molar-refractivity contribution in [2.75, 3.05) is 85.1 Å². The van der Waals surface area contributed by atoms with Crippen molar-refractivity contribution in [2.45, 2.75) is 52.9 Å². The van der Waals surface area contributed by atoms with Crippen LogP contribution in [0.15, 0.2) is 0 Å². The minimum absolute atomic E-state index is 0.00871. The molecule has 0 unspecified atom stereocenters. The second-order valence-corrected chi connectivity index (χ2v) is 10.5. The van der Waals surface area contributed by atoms with Crippen LogP contribution >= 0.6 is 0 Å². The first-order valence-corrected chi connectivity index (χ1v) is 13.6. The third kappa shape index (κ3) is 17.9. The molecule has 0 aromatic carbocycles. The Labute approximate surface area is 222 Å². The summed E-state index contributed by atoms with van der Waals surface area (Å²) in [6.07, 6.45) is 5.65. The molecule has 214 valence electrons. The lowest BCUT2D eigenvalue weighted by atomic mass is 10.0. The highest BCUT2D eigenvalue weighted by Crippen LogP contribution is 2.09. The topological polar surface area (TPSA) is 134 Å². The lowest BCUT2D eigenvalue weighted by Crippen LogP contribution is -2.49. The quantitative estimate of drug-likeness (QED) is 0.261. The molecule has 1 aliphatic heterocycles. The van der Waals surface area contributed by atoms with Crippen LogP contribution < -0.4 is 5.32 Å². The van der Waals surface area contributed by atoms with Crippen molar-refractivity contribution in [2.24, 2.45) is 5.92 Å². The van der Waals surface area contributed by atoms with Gasteiger partial charge in [0.15, 0.2) is 0 Å². The van der Waals surface area contributed by atoms with E-state index >= 15 is 0 Å². The van der Waals surface area contributed by atoms with Crippen LogP contribution in [0.25, 0.3) is 0 Å².